The Morgan fingerprint density at radius 3 is 2.61 bits per heavy atom. The Morgan fingerprint density at radius 1 is 1.44 bits per heavy atom. The highest BCUT2D eigenvalue weighted by Gasteiger charge is 2.30. The number of amides is 1. The molecule has 0 aromatic heterocycles. The minimum atomic E-state index is -4.45. The van der Waals surface area contributed by atoms with Crippen LogP contribution in [0.1, 0.15) is 11.1 Å². The Labute approximate surface area is 102 Å². The highest BCUT2D eigenvalue weighted by Crippen LogP contribution is 2.29. The molecule has 1 aromatic rings. The first-order valence-electron chi connectivity index (χ1n) is 4.89. The molecule has 3 nitrogen and oxygen atoms in total. The van der Waals surface area contributed by atoms with Gasteiger partial charge in [-0.3, -0.25) is 4.79 Å². The minimum absolute atomic E-state index is 0.143. The Kier molecular flexibility index (Phi) is 4.10. The van der Waals surface area contributed by atoms with Crippen LogP contribution in [0.4, 0.5) is 13.2 Å². The largest absolute Gasteiger partial charge is 0.416 e. The van der Waals surface area contributed by atoms with Crippen molar-refractivity contribution in [3.8, 4) is 6.07 Å². The zero-order valence-corrected chi connectivity index (χ0v) is 9.38. The van der Waals surface area contributed by atoms with Gasteiger partial charge in [0.2, 0.25) is 0 Å². The number of halogens is 3. The number of hydrogen-bond donors (Lipinski definition) is 1. The SMILES string of the molecule is CNC(=O)C(C#N)=Cc1cccc(C(F)(F)F)c1. The van der Waals surface area contributed by atoms with Gasteiger partial charge in [-0.15, -0.1) is 0 Å². The van der Waals surface area contributed by atoms with Gasteiger partial charge in [-0.05, 0) is 23.8 Å². The number of hydrogen-bond acceptors (Lipinski definition) is 2. The van der Waals surface area contributed by atoms with Gasteiger partial charge in [-0.1, -0.05) is 12.1 Å². The van der Waals surface area contributed by atoms with E-state index in [1.807, 2.05) is 0 Å². The van der Waals surface area contributed by atoms with E-state index in [-0.39, 0.29) is 11.1 Å². The van der Waals surface area contributed by atoms with Crippen molar-refractivity contribution in [1.82, 2.24) is 5.32 Å². The van der Waals surface area contributed by atoms with Gasteiger partial charge in [0.25, 0.3) is 5.91 Å². The molecule has 0 heterocycles. The number of nitrogens with zero attached hydrogens (tertiary/aromatic N) is 1. The summed E-state index contributed by atoms with van der Waals surface area (Å²) in [5.41, 5.74) is -0.938. The van der Waals surface area contributed by atoms with Crippen molar-refractivity contribution < 1.29 is 18.0 Å². The second kappa shape index (κ2) is 5.36. The molecule has 0 radical (unpaired) electrons. The number of nitrogens with one attached hydrogen (secondary N) is 1. The van der Waals surface area contributed by atoms with Crippen LogP contribution in [0.5, 0.6) is 0 Å². The molecule has 0 unspecified atom stereocenters. The van der Waals surface area contributed by atoms with E-state index in [1.54, 1.807) is 6.07 Å². The third-order valence-electron chi connectivity index (χ3n) is 2.12. The monoisotopic (exact) mass is 254 g/mol. The summed E-state index contributed by atoms with van der Waals surface area (Å²) in [4.78, 5) is 11.2. The van der Waals surface area contributed by atoms with Gasteiger partial charge in [-0.2, -0.15) is 18.4 Å². The number of carbonyl (C=O) groups is 1. The molecular weight excluding hydrogens is 245 g/mol. The minimum Gasteiger partial charge on any atom is -0.354 e. The summed E-state index contributed by atoms with van der Waals surface area (Å²) in [6.45, 7) is 0. The quantitative estimate of drug-likeness (QED) is 0.650. The molecule has 1 amide bonds. The summed E-state index contributed by atoms with van der Waals surface area (Å²) in [5, 5.41) is 10.9. The Hall–Kier alpha value is -2.29. The van der Waals surface area contributed by atoms with Crippen LogP contribution in [0.15, 0.2) is 29.8 Å². The molecule has 94 valence electrons. The fourth-order valence-electron chi connectivity index (χ4n) is 1.25. The standard InChI is InChI=1S/C12H9F3N2O/c1-17-11(18)9(7-16)5-8-3-2-4-10(6-8)12(13,14)15/h2-6H,1H3,(H,17,18). The molecule has 0 aliphatic carbocycles. The molecule has 1 rings (SSSR count). The van der Waals surface area contributed by atoms with Crippen LogP contribution in [0, 0.1) is 11.3 Å². The highest BCUT2D eigenvalue weighted by atomic mass is 19.4. The Bertz CT molecular complexity index is 527. The average Bonchev–Trinajstić information content (AvgIpc) is 2.34. The lowest BCUT2D eigenvalue weighted by Crippen LogP contribution is -2.19. The molecule has 0 saturated heterocycles. The predicted octanol–water partition coefficient (Wildman–Crippen LogP) is 2.36. The summed E-state index contributed by atoms with van der Waals surface area (Å²) in [6.07, 6.45) is -3.35. The van der Waals surface area contributed by atoms with E-state index in [9.17, 15) is 18.0 Å². The number of rotatable bonds is 2. The second-order valence-electron chi connectivity index (χ2n) is 3.37. The van der Waals surface area contributed by atoms with E-state index >= 15 is 0 Å². The molecule has 1 aromatic carbocycles. The molecule has 0 aliphatic rings. The normalized spacial score (nSPS) is 11.8. The molecule has 6 heteroatoms. The van der Waals surface area contributed by atoms with Crippen molar-refractivity contribution in [2.24, 2.45) is 0 Å². The van der Waals surface area contributed by atoms with Gasteiger partial charge in [0.15, 0.2) is 0 Å². The molecule has 18 heavy (non-hydrogen) atoms. The van der Waals surface area contributed by atoms with Crippen LogP contribution >= 0.6 is 0 Å². The molecule has 1 N–H and O–H groups in total. The van der Waals surface area contributed by atoms with E-state index < -0.39 is 17.6 Å². The van der Waals surface area contributed by atoms with Crippen LogP contribution in [0.25, 0.3) is 6.08 Å². The zero-order valence-electron chi connectivity index (χ0n) is 9.38. The van der Waals surface area contributed by atoms with Crippen LogP contribution in [-0.4, -0.2) is 13.0 Å². The molecule has 0 aliphatic heterocycles. The lowest BCUT2D eigenvalue weighted by Gasteiger charge is -2.06. The smallest absolute Gasteiger partial charge is 0.354 e. The fraction of sp³-hybridized carbons (Fsp3) is 0.167. The first kappa shape index (κ1) is 13.8. The lowest BCUT2D eigenvalue weighted by atomic mass is 10.1. The summed E-state index contributed by atoms with van der Waals surface area (Å²) < 4.78 is 37.3. The Morgan fingerprint density at radius 2 is 2.11 bits per heavy atom. The molecule has 0 atom stereocenters. The third kappa shape index (κ3) is 3.35. The lowest BCUT2D eigenvalue weighted by molar-refractivity contribution is -0.137. The topological polar surface area (TPSA) is 52.9 Å². The van der Waals surface area contributed by atoms with Crippen molar-refractivity contribution in [2.45, 2.75) is 6.18 Å². The number of carbonyl (C=O) groups excluding carboxylic acids is 1. The van der Waals surface area contributed by atoms with Crippen LogP contribution in [-0.2, 0) is 11.0 Å². The maximum absolute atomic E-state index is 12.4. The molecule has 0 bridgehead atoms. The van der Waals surface area contributed by atoms with Gasteiger partial charge in [0.1, 0.15) is 11.6 Å². The second-order valence-corrected chi connectivity index (χ2v) is 3.37. The third-order valence-corrected chi connectivity index (χ3v) is 2.12. The van der Waals surface area contributed by atoms with Crippen molar-refractivity contribution >= 4 is 12.0 Å². The van der Waals surface area contributed by atoms with Crippen LogP contribution in [0.2, 0.25) is 0 Å². The van der Waals surface area contributed by atoms with E-state index in [2.05, 4.69) is 5.32 Å². The van der Waals surface area contributed by atoms with Gasteiger partial charge in [-0.25, -0.2) is 0 Å². The number of nitriles is 1. The fourth-order valence-corrected chi connectivity index (χ4v) is 1.25. The predicted molar refractivity (Wildman–Crippen MR) is 59.1 cm³/mol. The zero-order chi connectivity index (χ0) is 13.8. The van der Waals surface area contributed by atoms with E-state index in [1.165, 1.54) is 19.2 Å². The van der Waals surface area contributed by atoms with Gasteiger partial charge < -0.3 is 5.32 Å². The number of likely N-dealkylation sites (N-methyl/N-ethyl adjacent to an activating group) is 1. The van der Waals surface area contributed by atoms with Crippen molar-refractivity contribution in [3.05, 3.63) is 41.0 Å². The molecule has 0 fully saturated rings. The molecule has 0 saturated carbocycles. The number of benzene rings is 1. The summed E-state index contributed by atoms with van der Waals surface area (Å²) in [7, 11) is 1.33. The van der Waals surface area contributed by atoms with Crippen molar-refractivity contribution in [1.29, 1.82) is 5.26 Å². The summed E-state index contributed by atoms with van der Waals surface area (Å²) >= 11 is 0. The van der Waals surface area contributed by atoms with Gasteiger partial charge in [0.05, 0.1) is 5.56 Å². The Balaban J connectivity index is 3.16. The van der Waals surface area contributed by atoms with E-state index in [4.69, 9.17) is 5.26 Å². The van der Waals surface area contributed by atoms with Crippen LogP contribution < -0.4 is 5.32 Å². The van der Waals surface area contributed by atoms with Gasteiger partial charge >= 0.3 is 6.18 Å². The van der Waals surface area contributed by atoms with Crippen molar-refractivity contribution in [2.75, 3.05) is 7.05 Å². The van der Waals surface area contributed by atoms with Crippen LogP contribution in [0.3, 0.4) is 0 Å². The maximum atomic E-state index is 12.4. The first-order chi connectivity index (χ1) is 8.38. The summed E-state index contributed by atoms with van der Waals surface area (Å²) in [5.74, 6) is -0.644. The molecule has 0 spiro atoms. The van der Waals surface area contributed by atoms with E-state index in [0.717, 1.165) is 18.2 Å². The van der Waals surface area contributed by atoms with Gasteiger partial charge in [0, 0.05) is 7.05 Å². The highest BCUT2D eigenvalue weighted by molar-refractivity contribution is 6.01. The molecular formula is C12H9F3N2O. The summed E-state index contributed by atoms with van der Waals surface area (Å²) in [6, 6.07) is 6.02. The van der Waals surface area contributed by atoms with E-state index in [0.29, 0.717) is 0 Å². The first-order valence-corrected chi connectivity index (χ1v) is 4.89. The average molecular weight is 254 g/mol. The number of alkyl halides is 3. The maximum Gasteiger partial charge on any atom is 0.416 e. The van der Waals surface area contributed by atoms with Crippen molar-refractivity contribution in [3.63, 3.8) is 0 Å².